The number of nitrogens with one attached hydrogen (secondary N) is 1. The van der Waals surface area contributed by atoms with Crippen molar-refractivity contribution in [1.82, 2.24) is 4.98 Å². The fraction of sp³-hybridized carbons (Fsp3) is 0. The number of thiophene rings is 1. The molecule has 3 nitrogen and oxygen atoms in total. The summed E-state index contributed by atoms with van der Waals surface area (Å²) in [7, 11) is 0. The quantitative estimate of drug-likeness (QED) is 0.785. The molecule has 20 heavy (non-hydrogen) atoms. The van der Waals surface area contributed by atoms with Crippen LogP contribution in [0, 0.1) is 5.82 Å². The van der Waals surface area contributed by atoms with E-state index in [1.807, 2.05) is 16.8 Å². The largest absolute Gasteiger partial charge is 0.321 e. The number of anilines is 1. The highest BCUT2D eigenvalue weighted by Gasteiger charge is 2.12. The van der Waals surface area contributed by atoms with Crippen LogP contribution in [0.3, 0.4) is 0 Å². The number of hydrogen-bond donors (Lipinski definition) is 1. The number of carbonyl (C=O) groups is 1. The summed E-state index contributed by atoms with van der Waals surface area (Å²) in [6.45, 7) is 0. The Bertz CT molecular complexity index is 720. The molecule has 2 heterocycles. The molecule has 1 N–H and O–H groups in total. The van der Waals surface area contributed by atoms with E-state index in [-0.39, 0.29) is 11.7 Å². The van der Waals surface area contributed by atoms with Crippen LogP contribution in [-0.2, 0) is 0 Å². The Balaban J connectivity index is 1.76. The molecule has 2 aromatic heterocycles. The van der Waals surface area contributed by atoms with Crippen LogP contribution in [0.5, 0.6) is 0 Å². The number of aromatic nitrogens is 1. The number of nitrogens with zero attached hydrogens (tertiary/aromatic N) is 1. The molecule has 0 unspecified atom stereocenters. The number of amides is 1. The van der Waals surface area contributed by atoms with Gasteiger partial charge in [-0.25, -0.2) is 9.37 Å². The fourth-order valence-corrected chi connectivity index (χ4v) is 3.14. The van der Waals surface area contributed by atoms with Crippen LogP contribution in [0.4, 0.5) is 10.1 Å². The minimum absolute atomic E-state index is 0.297. The molecule has 0 saturated carbocycles. The average molecular weight is 304 g/mol. The van der Waals surface area contributed by atoms with E-state index < -0.39 is 0 Å². The number of benzene rings is 1. The van der Waals surface area contributed by atoms with Crippen molar-refractivity contribution < 1.29 is 9.18 Å². The van der Waals surface area contributed by atoms with Gasteiger partial charge in [-0.05, 0) is 35.7 Å². The summed E-state index contributed by atoms with van der Waals surface area (Å²) in [4.78, 5) is 16.3. The first-order chi connectivity index (χ1) is 9.72. The van der Waals surface area contributed by atoms with Crippen molar-refractivity contribution in [3.05, 3.63) is 58.0 Å². The monoisotopic (exact) mass is 304 g/mol. The summed E-state index contributed by atoms with van der Waals surface area (Å²) in [5.41, 5.74) is 1.92. The van der Waals surface area contributed by atoms with Crippen LogP contribution < -0.4 is 5.32 Å². The molecule has 0 fully saturated rings. The van der Waals surface area contributed by atoms with Gasteiger partial charge in [0.15, 0.2) is 0 Å². The lowest BCUT2D eigenvalue weighted by molar-refractivity contribution is 0.102. The summed E-state index contributed by atoms with van der Waals surface area (Å²) >= 11 is 3.01. The molecule has 0 atom stereocenters. The van der Waals surface area contributed by atoms with E-state index in [0.717, 1.165) is 10.6 Å². The zero-order chi connectivity index (χ0) is 13.9. The number of halogens is 1. The second-order valence-electron chi connectivity index (χ2n) is 4.01. The predicted octanol–water partition coefficient (Wildman–Crippen LogP) is 4.26. The third-order valence-electron chi connectivity index (χ3n) is 2.61. The number of carbonyl (C=O) groups excluding carboxylic acids is 1. The Hall–Kier alpha value is -2.05. The lowest BCUT2D eigenvalue weighted by atomic mass is 10.3. The third-order valence-corrected chi connectivity index (χ3v) is 4.18. The third kappa shape index (κ3) is 2.76. The fourth-order valence-electron chi connectivity index (χ4n) is 1.63. The molecule has 6 heteroatoms. The molecule has 0 aliphatic heterocycles. The number of rotatable bonds is 3. The summed E-state index contributed by atoms with van der Waals surface area (Å²) in [6, 6.07) is 7.59. The molecular formula is C14H9FN2OS2. The van der Waals surface area contributed by atoms with E-state index >= 15 is 0 Å². The second kappa shape index (κ2) is 5.52. The molecular weight excluding hydrogens is 295 g/mol. The lowest BCUT2D eigenvalue weighted by Gasteiger charge is -2.02. The van der Waals surface area contributed by atoms with Crippen LogP contribution >= 0.6 is 22.7 Å². The Morgan fingerprint density at radius 1 is 1.15 bits per heavy atom. The number of thiazole rings is 1. The molecule has 3 aromatic rings. The van der Waals surface area contributed by atoms with E-state index in [9.17, 15) is 9.18 Å². The van der Waals surface area contributed by atoms with Crippen LogP contribution in [0.25, 0.3) is 10.6 Å². The maximum atomic E-state index is 12.8. The summed E-state index contributed by atoms with van der Waals surface area (Å²) in [6.07, 6.45) is 0. The molecule has 0 radical (unpaired) electrons. The average Bonchev–Trinajstić information content (AvgIpc) is 3.11. The zero-order valence-electron chi connectivity index (χ0n) is 10.2. The van der Waals surface area contributed by atoms with E-state index in [0.29, 0.717) is 11.4 Å². The summed E-state index contributed by atoms with van der Waals surface area (Å²) in [5, 5.41) is 9.17. The van der Waals surface area contributed by atoms with Crippen molar-refractivity contribution >= 4 is 34.3 Å². The first-order valence-electron chi connectivity index (χ1n) is 5.77. The molecule has 3 rings (SSSR count). The summed E-state index contributed by atoms with van der Waals surface area (Å²) in [5.74, 6) is -0.634. The number of hydrogen-bond acceptors (Lipinski definition) is 4. The van der Waals surface area contributed by atoms with Gasteiger partial charge in [0.05, 0.1) is 0 Å². The van der Waals surface area contributed by atoms with Gasteiger partial charge in [-0.15, -0.1) is 11.3 Å². The first-order valence-corrected chi connectivity index (χ1v) is 7.59. The minimum Gasteiger partial charge on any atom is -0.321 e. The van der Waals surface area contributed by atoms with Crippen molar-refractivity contribution in [3.8, 4) is 10.6 Å². The van der Waals surface area contributed by atoms with Crippen LogP contribution in [0.1, 0.15) is 10.5 Å². The molecule has 0 saturated heterocycles. The predicted molar refractivity (Wildman–Crippen MR) is 79.8 cm³/mol. The van der Waals surface area contributed by atoms with Crippen molar-refractivity contribution in [1.29, 1.82) is 0 Å². The van der Waals surface area contributed by atoms with Gasteiger partial charge in [0.2, 0.25) is 0 Å². The Morgan fingerprint density at radius 2 is 1.95 bits per heavy atom. The zero-order valence-corrected chi connectivity index (χ0v) is 11.8. The highest BCUT2D eigenvalue weighted by molar-refractivity contribution is 7.14. The van der Waals surface area contributed by atoms with Crippen LogP contribution in [0.15, 0.2) is 46.5 Å². The van der Waals surface area contributed by atoms with E-state index in [1.54, 1.807) is 16.7 Å². The molecule has 0 spiro atoms. The van der Waals surface area contributed by atoms with Gasteiger partial charge < -0.3 is 5.32 Å². The standard InChI is InChI=1S/C14H9FN2OS2/c15-10-1-3-11(4-2-10)16-13(18)12-8-20-14(17-12)9-5-6-19-7-9/h1-8H,(H,16,18). The van der Waals surface area contributed by atoms with E-state index in [1.165, 1.54) is 35.6 Å². The molecule has 0 aliphatic carbocycles. The van der Waals surface area contributed by atoms with Crippen LogP contribution in [0.2, 0.25) is 0 Å². The molecule has 0 aliphatic rings. The van der Waals surface area contributed by atoms with E-state index in [2.05, 4.69) is 10.3 Å². The molecule has 100 valence electrons. The molecule has 0 bridgehead atoms. The van der Waals surface area contributed by atoms with Gasteiger partial charge in [-0.1, -0.05) is 0 Å². The van der Waals surface area contributed by atoms with E-state index in [4.69, 9.17) is 0 Å². The Labute approximate surface area is 122 Å². The first kappa shape index (κ1) is 13.0. The molecule has 1 amide bonds. The van der Waals surface area contributed by atoms with Gasteiger partial charge in [0, 0.05) is 22.0 Å². The van der Waals surface area contributed by atoms with Gasteiger partial charge in [0.25, 0.3) is 5.91 Å². The highest BCUT2D eigenvalue weighted by atomic mass is 32.1. The van der Waals surface area contributed by atoms with Crippen LogP contribution in [-0.4, -0.2) is 10.9 Å². The maximum Gasteiger partial charge on any atom is 0.275 e. The Morgan fingerprint density at radius 3 is 2.65 bits per heavy atom. The van der Waals surface area contributed by atoms with Gasteiger partial charge in [-0.3, -0.25) is 4.79 Å². The molecule has 1 aromatic carbocycles. The topological polar surface area (TPSA) is 42.0 Å². The SMILES string of the molecule is O=C(Nc1ccc(F)cc1)c1csc(-c2ccsc2)n1. The van der Waals surface area contributed by atoms with Gasteiger partial charge in [-0.2, -0.15) is 11.3 Å². The normalized spacial score (nSPS) is 10.4. The Kier molecular flexibility index (Phi) is 3.58. The minimum atomic E-state index is -0.337. The van der Waals surface area contributed by atoms with Crippen molar-refractivity contribution in [2.45, 2.75) is 0 Å². The van der Waals surface area contributed by atoms with Gasteiger partial charge in [0.1, 0.15) is 16.5 Å². The maximum absolute atomic E-state index is 12.8. The highest BCUT2D eigenvalue weighted by Crippen LogP contribution is 2.26. The van der Waals surface area contributed by atoms with Crippen molar-refractivity contribution in [2.24, 2.45) is 0 Å². The van der Waals surface area contributed by atoms with Crippen molar-refractivity contribution in [3.63, 3.8) is 0 Å². The lowest BCUT2D eigenvalue weighted by Crippen LogP contribution is -2.12. The van der Waals surface area contributed by atoms with Gasteiger partial charge >= 0.3 is 0 Å². The van der Waals surface area contributed by atoms with Crippen molar-refractivity contribution in [2.75, 3.05) is 5.32 Å². The second-order valence-corrected chi connectivity index (χ2v) is 5.65. The summed E-state index contributed by atoms with van der Waals surface area (Å²) < 4.78 is 12.8. The smallest absolute Gasteiger partial charge is 0.275 e.